The van der Waals surface area contributed by atoms with Crippen LogP contribution in [0, 0.1) is 0 Å². The number of halogens is 2. The number of amides is 2. The van der Waals surface area contributed by atoms with Crippen LogP contribution in [0.2, 0.25) is 10.0 Å². The maximum absolute atomic E-state index is 12.5. The quantitative estimate of drug-likeness (QED) is 0.723. The van der Waals surface area contributed by atoms with E-state index in [0.29, 0.717) is 27.8 Å². The van der Waals surface area contributed by atoms with Gasteiger partial charge in [-0.15, -0.1) is 0 Å². The van der Waals surface area contributed by atoms with Crippen molar-refractivity contribution in [2.24, 2.45) is 0 Å². The first kappa shape index (κ1) is 19.3. The lowest BCUT2D eigenvalue weighted by Crippen LogP contribution is -2.38. The maximum Gasteiger partial charge on any atom is 0.244 e. The van der Waals surface area contributed by atoms with E-state index in [1.165, 1.54) is 4.90 Å². The summed E-state index contributed by atoms with van der Waals surface area (Å²) in [4.78, 5) is 26.4. The standard InChI is InChI=1S/C19H20Cl2N2O2/c1-2-3-9-19(25)23(15-7-5-4-6-8-15)13-18(24)22-14-10-11-16(20)17(21)12-14/h4-8,10-12H,2-3,9,13H2,1H3,(H,22,24). The number of carbonyl (C=O) groups excluding carboxylic acids is 2. The van der Waals surface area contributed by atoms with Gasteiger partial charge in [-0.1, -0.05) is 54.7 Å². The van der Waals surface area contributed by atoms with Crippen LogP contribution in [0.15, 0.2) is 48.5 Å². The van der Waals surface area contributed by atoms with E-state index in [1.807, 2.05) is 37.3 Å². The number of rotatable bonds is 7. The van der Waals surface area contributed by atoms with Crippen molar-refractivity contribution in [3.05, 3.63) is 58.6 Å². The minimum Gasteiger partial charge on any atom is -0.324 e. The predicted molar refractivity (Wildman–Crippen MR) is 103 cm³/mol. The third-order valence-electron chi connectivity index (χ3n) is 3.62. The Kier molecular flexibility index (Phi) is 7.29. The lowest BCUT2D eigenvalue weighted by Gasteiger charge is -2.22. The van der Waals surface area contributed by atoms with Gasteiger partial charge < -0.3 is 10.2 Å². The van der Waals surface area contributed by atoms with Crippen molar-refractivity contribution in [3.8, 4) is 0 Å². The molecule has 0 aliphatic carbocycles. The van der Waals surface area contributed by atoms with Gasteiger partial charge in [0.05, 0.1) is 10.0 Å². The fourth-order valence-corrected chi connectivity index (χ4v) is 2.61. The van der Waals surface area contributed by atoms with E-state index in [0.717, 1.165) is 12.8 Å². The molecule has 2 amide bonds. The van der Waals surface area contributed by atoms with E-state index in [-0.39, 0.29) is 18.4 Å². The zero-order valence-corrected chi connectivity index (χ0v) is 15.5. The number of anilines is 2. The highest BCUT2D eigenvalue weighted by molar-refractivity contribution is 6.42. The molecule has 0 aliphatic heterocycles. The Morgan fingerprint density at radius 2 is 1.76 bits per heavy atom. The molecule has 0 bridgehead atoms. The highest BCUT2D eigenvalue weighted by Gasteiger charge is 2.18. The van der Waals surface area contributed by atoms with E-state index in [4.69, 9.17) is 23.2 Å². The van der Waals surface area contributed by atoms with Gasteiger partial charge in [-0.05, 0) is 36.8 Å². The number of carbonyl (C=O) groups is 2. The molecule has 0 fully saturated rings. The van der Waals surface area contributed by atoms with Crippen LogP contribution in [-0.2, 0) is 9.59 Å². The van der Waals surface area contributed by atoms with E-state index in [9.17, 15) is 9.59 Å². The van der Waals surface area contributed by atoms with Crippen LogP contribution >= 0.6 is 23.2 Å². The van der Waals surface area contributed by atoms with Crippen LogP contribution in [0.4, 0.5) is 11.4 Å². The van der Waals surface area contributed by atoms with Gasteiger partial charge >= 0.3 is 0 Å². The largest absolute Gasteiger partial charge is 0.324 e. The van der Waals surface area contributed by atoms with Gasteiger partial charge in [0.15, 0.2) is 0 Å². The van der Waals surface area contributed by atoms with Crippen LogP contribution in [-0.4, -0.2) is 18.4 Å². The second-order valence-electron chi connectivity index (χ2n) is 5.60. The molecule has 132 valence electrons. The average molecular weight is 379 g/mol. The lowest BCUT2D eigenvalue weighted by molar-refractivity contribution is -0.121. The van der Waals surface area contributed by atoms with Gasteiger partial charge in [-0.3, -0.25) is 9.59 Å². The Bertz CT molecular complexity index is 735. The second kappa shape index (κ2) is 9.44. The Hall–Kier alpha value is -2.04. The number of hydrogen-bond donors (Lipinski definition) is 1. The van der Waals surface area contributed by atoms with Gasteiger partial charge in [0.2, 0.25) is 11.8 Å². The molecule has 0 radical (unpaired) electrons. The summed E-state index contributed by atoms with van der Waals surface area (Å²) in [6.07, 6.45) is 2.12. The Morgan fingerprint density at radius 1 is 1.04 bits per heavy atom. The Morgan fingerprint density at radius 3 is 2.40 bits per heavy atom. The lowest BCUT2D eigenvalue weighted by atomic mass is 10.2. The van der Waals surface area contributed by atoms with Crippen LogP contribution in [0.1, 0.15) is 26.2 Å². The third-order valence-corrected chi connectivity index (χ3v) is 4.36. The van der Waals surface area contributed by atoms with Gasteiger partial charge in [-0.2, -0.15) is 0 Å². The maximum atomic E-state index is 12.5. The predicted octanol–water partition coefficient (Wildman–Crippen LogP) is 5.16. The summed E-state index contributed by atoms with van der Waals surface area (Å²) in [6.45, 7) is 1.96. The summed E-state index contributed by atoms with van der Waals surface area (Å²) in [7, 11) is 0. The number of para-hydroxylation sites is 1. The normalized spacial score (nSPS) is 10.4. The molecule has 0 spiro atoms. The van der Waals surface area contributed by atoms with Crippen LogP contribution < -0.4 is 10.2 Å². The van der Waals surface area contributed by atoms with E-state index >= 15 is 0 Å². The summed E-state index contributed by atoms with van der Waals surface area (Å²) in [5.41, 5.74) is 1.24. The van der Waals surface area contributed by atoms with Crippen molar-refractivity contribution in [2.75, 3.05) is 16.8 Å². The van der Waals surface area contributed by atoms with Crippen molar-refractivity contribution in [3.63, 3.8) is 0 Å². The number of benzene rings is 2. The topological polar surface area (TPSA) is 49.4 Å². The average Bonchev–Trinajstić information content (AvgIpc) is 2.61. The first-order valence-corrected chi connectivity index (χ1v) is 8.87. The van der Waals surface area contributed by atoms with Crippen molar-refractivity contribution in [2.45, 2.75) is 26.2 Å². The van der Waals surface area contributed by atoms with Crippen LogP contribution in [0.25, 0.3) is 0 Å². The first-order chi connectivity index (χ1) is 12.0. The third kappa shape index (κ3) is 5.76. The Labute approximate surface area is 157 Å². The molecule has 6 heteroatoms. The molecule has 0 aliphatic rings. The van der Waals surface area contributed by atoms with Gasteiger partial charge in [0, 0.05) is 17.8 Å². The molecule has 0 saturated heterocycles. The van der Waals surface area contributed by atoms with E-state index in [2.05, 4.69) is 5.32 Å². The molecule has 0 heterocycles. The fraction of sp³-hybridized carbons (Fsp3) is 0.263. The van der Waals surface area contributed by atoms with Crippen LogP contribution in [0.3, 0.4) is 0 Å². The summed E-state index contributed by atoms with van der Waals surface area (Å²) in [5, 5.41) is 3.52. The van der Waals surface area contributed by atoms with E-state index in [1.54, 1.807) is 18.2 Å². The highest BCUT2D eigenvalue weighted by Crippen LogP contribution is 2.25. The van der Waals surface area contributed by atoms with Crippen molar-refractivity contribution < 1.29 is 9.59 Å². The van der Waals surface area contributed by atoms with E-state index < -0.39 is 0 Å². The Balaban J connectivity index is 2.10. The second-order valence-corrected chi connectivity index (χ2v) is 6.41. The number of hydrogen-bond acceptors (Lipinski definition) is 2. The monoisotopic (exact) mass is 378 g/mol. The van der Waals surface area contributed by atoms with Gasteiger partial charge in [-0.25, -0.2) is 0 Å². The molecule has 4 nitrogen and oxygen atoms in total. The zero-order chi connectivity index (χ0) is 18.2. The molecule has 1 N–H and O–H groups in total. The summed E-state index contributed by atoms with van der Waals surface area (Å²) < 4.78 is 0. The number of nitrogens with one attached hydrogen (secondary N) is 1. The van der Waals surface area contributed by atoms with Crippen molar-refractivity contribution >= 4 is 46.4 Å². The number of unbranched alkanes of at least 4 members (excludes halogenated alkanes) is 1. The molecule has 0 atom stereocenters. The van der Waals surface area contributed by atoms with Crippen molar-refractivity contribution in [1.82, 2.24) is 0 Å². The van der Waals surface area contributed by atoms with Crippen molar-refractivity contribution in [1.29, 1.82) is 0 Å². The molecule has 25 heavy (non-hydrogen) atoms. The molecular weight excluding hydrogens is 359 g/mol. The molecule has 2 rings (SSSR count). The SMILES string of the molecule is CCCCC(=O)N(CC(=O)Nc1ccc(Cl)c(Cl)c1)c1ccccc1. The van der Waals surface area contributed by atoms with Gasteiger partial charge in [0.1, 0.15) is 6.54 Å². The van der Waals surface area contributed by atoms with Crippen LogP contribution in [0.5, 0.6) is 0 Å². The highest BCUT2D eigenvalue weighted by atomic mass is 35.5. The minimum absolute atomic E-state index is 0.0627. The van der Waals surface area contributed by atoms with Gasteiger partial charge in [0.25, 0.3) is 0 Å². The summed E-state index contributed by atoms with van der Waals surface area (Å²) in [5.74, 6) is -0.371. The fourth-order valence-electron chi connectivity index (χ4n) is 2.31. The zero-order valence-electron chi connectivity index (χ0n) is 14.0. The molecule has 0 unspecified atom stereocenters. The summed E-state index contributed by atoms with van der Waals surface area (Å²) >= 11 is 11.8. The molecule has 2 aromatic carbocycles. The molecular formula is C19H20Cl2N2O2. The molecule has 2 aromatic rings. The molecule has 0 saturated carbocycles. The first-order valence-electron chi connectivity index (χ1n) is 8.11. The molecule has 0 aromatic heterocycles. The minimum atomic E-state index is -0.299. The smallest absolute Gasteiger partial charge is 0.244 e. The summed E-state index contributed by atoms with van der Waals surface area (Å²) in [6, 6.07) is 14.0. The number of nitrogens with zero attached hydrogens (tertiary/aromatic N) is 1.